The molecule has 0 fully saturated rings. The highest BCUT2D eigenvalue weighted by atomic mass is 16.6. The van der Waals surface area contributed by atoms with Crippen LogP contribution in [-0.2, 0) is 14.4 Å². The zero-order valence-corrected chi connectivity index (χ0v) is 10.2. The van der Waals surface area contributed by atoms with Gasteiger partial charge in [0.25, 0.3) is 11.8 Å². The number of para-hydroxylation sites is 2. The van der Waals surface area contributed by atoms with Crippen molar-refractivity contribution in [3.63, 3.8) is 0 Å². The predicted molar refractivity (Wildman–Crippen MR) is 64.0 cm³/mol. The number of carbonyl (C=O) groups excluding carboxylic acids is 2. The smallest absolute Gasteiger partial charge is 0.268 e. The van der Waals surface area contributed by atoms with Gasteiger partial charge >= 0.3 is 0 Å². The Hall–Kier alpha value is -2.08. The molecule has 0 aliphatic carbocycles. The maximum Gasteiger partial charge on any atom is 0.268 e. The molecule has 6 heteroatoms. The number of fused-ring (bicyclic) bond motifs is 1. The standard InChI is InChI=1S/C12H14N2O4/c1-8-12(16)14(7-11(15)13-17-2)9-5-3-4-6-10(9)18-8/h3-6,8H,7H2,1-2H3,(H,13,15). The molecule has 0 saturated heterocycles. The Bertz CT molecular complexity index is 475. The molecule has 96 valence electrons. The molecular formula is C12H14N2O4. The van der Waals surface area contributed by atoms with Crippen molar-refractivity contribution in [2.75, 3.05) is 18.6 Å². The van der Waals surface area contributed by atoms with Crippen LogP contribution < -0.4 is 15.1 Å². The van der Waals surface area contributed by atoms with Gasteiger partial charge in [0, 0.05) is 0 Å². The number of amides is 2. The number of hydroxylamine groups is 1. The lowest BCUT2D eigenvalue weighted by molar-refractivity contribution is -0.133. The van der Waals surface area contributed by atoms with Crippen LogP contribution in [0.5, 0.6) is 5.75 Å². The number of nitrogens with zero attached hydrogens (tertiary/aromatic N) is 1. The monoisotopic (exact) mass is 250 g/mol. The van der Waals surface area contributed by atoms with Crippen molar-refractivity contribution in [3.8, 4) is 5.75 Å². The molecule has 2 rings (SSSR count). The van der Waals surface area contributed by atoms with E-state index in [1.165, 1.54) is 12.0 Å². The van der Waals surface area contributed by atoms with Crippen LogP contribution in [0.4, 0.5) is 5.69 Å². The lowest BCUT2D eigenvalue weighted by atomic mass is 10.2. The SMILES string of the molecule is CONC(=O)CN1C(=O)C(C)Oc2ccccc21. The molecule has 0 spiro atoms. The first-order chi connectivity index (χ1) is 8.63. The molecule has 1 aromatic carbocycles. The van der Waals surface area contributed by atoms with Crippen molar-refractivity contribution in [1.29, 1.82) is 0 Å². The summed E-state index contributed by atoms with van der Waals surface area (Å²) in [6.45, 7) is 1.55. The minimum absolute atomic E-state index is 0.0998. The minimum Gasteiger partial charge on any atom is -0.479 e. The van der Waals surface area contributed by atoms with Gasteiger partial charge in [0.05, 0.1) is 12.8 Å². The Kier molecular flexibility index (Phi) is 3.47. The Morgan fingerprint density at radius 3 is 2.94 bits per heavy atom. The molecule has 0 bridgehead atoms. The highest BCUT2D eigenvalue weighted by Crippen LogP contribution is 2.33. The third-order valence-electron chi connectivity index (χ3n) is 2.59. The van der Waals surface area contributed by atoms with E-state index >= 15 is 0 Å². The first-order valence-electron chi connectivity index (χ1n) is 5.52. The van der Waals surface area contributed by atoms with Crippen molar-refractivity contribution in [1.82, 2.24) is 5.48 Å². The van der Waals surface area contributed by atoms with E-state index in [0.29, 0.717) is 11.4 Å². The quantitative estimate of drug-likeness (QED) is 0.792. The van der Waals surface area contributed by atoms with Crippen molar-refractivity contribution < 1.29 is 19.2 Å². The first kappa shape index (κ1) is 12.4. The van der Waals surface area contributed by atoms with Crippen molar-refractivity contribution in [2.45, 2.75) is 13.0 Å². The zero-order valence-electron chi connectivity index (χ0n) is 10.2. The van der Waals surface area contributed by atoms with E-state index in [4.69, 9.17) is 4.74 Å². The van der Waals surface area contributed by atoms with Gasteiger partial charge in [0.2, 0.25) is 0 Å². The van der Waals surface area contributed by atoms with Gasteiger partial charge < -0.3 is 4.74 Å². The van der Waals surface area contributed by atoms with Gasteiger partial charge in [-0.05, 0) is 19.1 Å². The van der Waals surface area contributed by atoms with E-state index in [-0.39, 0.29) is 12.5 Å². The summed E-state index contributed by atoms with van der Waals surface area (Å²) in [6, 6.07) is 7.10. The molecule has 18 heavy (non-hydrogen) atoms. The Labute approximate surface area is 104 Å². The van der Waals surface area contributed by atoms with E-state index in [9.17, 15) is 9.59 Å². The van der Waals surface area contributed by atoms with Crippen LogP contribution in [0.15, 0.2) is 24.3 Å². The fourth-order valence-corrected chi connectivity index (χ4v) is 1.81. The average Bonchev–Trinajstić information content (AvgIpc) is 2.35. The average molecular weight is 250 g/mol. The molecule has 0 saturated carbocycles. The highest BCUT2D eigenvalue weighted by Gasteiger charge is 2.32. The molecule has 1 aliphatic rings. The number of hydrogen-bond donors (Lipinski definition) is 1. The second-order valence-corrected chi connectivity index (χ2v) is 3.88. The topological polar surface area (TPSA) is 67.9 Å². The molecule has 0 radical (unpaired) electrons. The Balaban J connectivity index is 2.27. The molecule has 1 N–H and O–H groups in total. The third-order valence-corrected chi connectivity index (χ3v) is 2.59. The fraction of sp³-hybridized carbons (Fsp3) is 0.333. The summed E-state index contributed by atoms with van der Waals surface area (Å²) in [5.41, 5.74) is 2.78. The Morgan fingerprint density at radius 2 is 2.22 bits per heavy atom. The number of benzene rings is 1. The van der Waals surface area contributed by atoms with Crippen LogP contribution in [0.3, 0.4) is 0 Å². The second-order valence-electron chi connectivity index (χ2n) is 3.88. The molecule has 2 amide bonds. The normalized spacial score (nSPS) is 18.0. The molecule has 1 aliphatic heterocycles. The number of rotatable bonds is 3. The minimum atomic E-state index is -0.602. The maximum absolute atomic E-state index is 12.0. The summed E-state index contributed by atoms with van der Waals surface area (Å²) in [4.78, 5) is 29.4. The first-order valence-corrected chi connectivity index (χ1v) is 5.52. The maximum atomic E-state index is 12.0. The number of nitrogens with one attached hydrogen (secondary N) is 1. The molecule has 0 aromatic heterocycles. The zero-order chi connectivity index (χ0) is 13.1. The van der Waals surface area contributed by atoms with Crippen LogP contribution in [-0.4, -0.2) is 31.6 Å². The van der Waals surface area contributed by atoms with Gasteiger partial charge in [0.15, 0.2) is 6.10 Å². The lowest BCUT2D eigenvalue weighted by Gasteiger charge is -2.32. The third kappa shape index (κ3) is 2.28. The summed E-state index contributed by atoms with van der Waals surface area (Å²) in [5.74, 6) is -0.0514. The Morgan fingerprint density at radius 1 is 1.50 bits per heavy atom. The summed E-state index contributed by atoms with van der Waals surface area (Å²) in [7, 11) is 1.34. The van der Waals surface area contributed by atoms with Gasteiger partial charge in [-0.3, -0.25) is 19.3 Å². The van der Waals surface area contributed by atoms with E-state index in [2.05, 4.69) is 10.3 Å². The predicted octanol–water partition coefficient (Wildman–Crippen LogP) is 0.478. The molecular weight excluding hydrogens is 236 g/mol. The van der Waals surface area contributed by atoms with Crippen LogP contribution in [0, 0.1) is 0 Å². The largest absolute Gasteiger partial charge is 0.479 e. The summed E-state index contributed by atoms with van der Waals surface area (Å²) in [6.07, 6.45) is -0.602. The van der Waals surface area contributed by atoms with Crippen molar-refractivity contribution in [3.05, 3.63) is 24.3 Å². The van der Waals surface area contributed by atoms with Crippen molar-refractivity contribution >= 4 is 17.5 Å². The van der Waals surface area contributed by atoms with Gasteiger partial charge in [0.1, 0.15) is 12.3 Å². The van der Waals surface area contributed by atoms with Gasteiger partial charge in [-0.25, -0.2) is 5.48 Å². The molecule has 1 heterocycles. The van der Waals surface area contributed by atoms with E-state index in [0.717, 1.165) is 0 Å². The van der Waals surface area contributed by atoms with E-state index < -0.39 is 12.0 Å². The second kappa shape index (κ2) is 5.05. The summed E-state index contributed by atoms with van der Waals surface area (Å²) in [5, 5.41) is 0. The van der Waals surface area contributed by atoms with Gasteiger partial charge in [-0.2, -0.15) is 0 Å². The van der Waals surface area contributed by atoms with Crippen LogP contribution in [0.1, 0.15) is 6.92 Å². The lowest BCUT2D eigenvalue weighted by Crippen LogP contribution is -2.48. The summed E-state index contributed by atoms with van der Waals surface area (Å²) >= 11 is 0. The summed E-state index contributed by atoms with van der Waals surface area (Å²) < 4.78 is 5.46. The van der Waals surface area contributed by atoms with Crippen molar-refractivity contribution in [2.24, 2.45) is 0 Å². The fourth-order valence-electron chi connectivity index (χ4n) is 1.81. The number of carbonyl (C=O) groups is 2. The van der Waals surface area contributed by atoms with E-state index in [1.807, 2.05) is 6.07 Å². The molecule has 6 nitrogen and oxygen atoms in total. The van der Waals surface area contributed by atoms with Gasteiger partial charge in [-0.1, -0.05) is 12.1 Å². The van der Waals surface area contributed by atoms with Gasteiger partial charge in [-0.15, -0.1) is 0 Å². The van der Waals surface area contributed by atoms with Crippen LogP contribution in [0.25, 0.3) is 0 Å². The number of ether oxygens (including phenoxy) is 1. The van der Waals surface area contributed by atoms with E-state index in [1.54, 1.807) is 25.1 Å². The highest BCUT2D eigenvalue weighted by molar-refractivity contribution is 6.03. The number of anilines is 1. The molecule has 1 aromatic rings. The molecule has 1 unspecified atom stereocenters. The molecule has 1 atom stereocenters. The number of hydrogen-bond acceptors (Lipinski definition) is 4. The van der Waals surface area contributed by atoms with Crippen LogP contribution in [0.2, 0.25) is 0 Å². The van der Waals surface area contributed by atoms with Crippen LogP contribution >= 0.6 is 0 Å².